The molecule has 0 aromatic rings. The van der Waals surface area contributed by atoms with Gasteiger partial charge in [-0.15, -0.1) is 0 Å². The molecule has 6 heteroatoms. The van der Waals surface area contributed by atoms with Gasteiger partial charge in [0.15, 0.2) is 0 Å². The van der Waals surface area contributed by atoms with Crippen LogP contribution in [0.1, 0.15) is 25.7 Å². The van der Waals surface area contributed by atoms with E-state index in [1.807, 2.05) is 0 Å². The quantitative estimate of drug-likeness (QED) is 0.616. The summed E-state index contributed by atoms with van der Waals surface area (Å²) in [6.45, 7) is 1.61. The van der Waals surface area contributed by atoms with E-state index in [-0.39, 0.29) is 11.9 Å². The van der Waals surface area contributed by atoms with Gasteiger partial charge in [0.05, 0.1) is 12.5 Å². The summed E-state index contributed by atoms with van der Waals surface area (Å²) < 4.78 is 4.82. The Morgan fingerprint density at radius 1 is 1.22 bits per heavy atom. The number of rotatable bonds is 6. The standard InChI is InChI=1S/C12H22N2O4/c1-18-7-6-13-12(17)14-8-9-2-4-10(5-3-9)11(15)16/h9-10H,2-8H2,1H3,(H,15,16)(H2,13,14,17). The highest BCUT2D eigenvalue weighted by Crippen LogP contribution is 2.28. The van der Waals surface area contributed by atoms with Gasteiger partial charge in [-0.2, -0.15) is 0 Å². The number of ether oxygens (including phenoxy) is 1. The third kappa shape index (κ3) is 5.35. The molecule has 0 heterocycles. The molecule has 1 aliphatic carbocycles. The van der Waals surface area contributed by atoms with Crippen LogP contribution in [0.25, 0.3) is 0 Å². The second-order valence-electron chi connectivity index (χ2n) is 4.69. The van der Waals surface area contributed by atoms with Gasteiger partial charge in [0.1, 0.15) is 0 Å². The maximum absolute atomic E-state index is 11.4. The molecule has 0 bridgehead atoms. The number of urea groups is 1. The van der Waals surface area contributed by atoms with E-state index < -0.39 is 5.97 Å². The second kappa shape index (κ2) is 7.92. The molecule has 0 atom stereocenters. The molecule has 0 radical (unpaired) electrons. The first-order valence-corrected chi connectivity index (χ1v) is 6.37. The number of carbonyl (C=O) groups excluding carboxylic acids is 1. The highest BCUT2D eigenvalue weighted by atomic mass is 16.5. The molecule has 104 valence electrons. The fourth-order valence-corrected chi connectivity index (χ4v) is 2.18. The third-order valence-electron chi connectivity index (χ3n) is 3.34. The van der Waals surface area contributed by atoms with Gasteiger partial charge in [-0.25, -0.2) is 4.79 Å². The van der Waals surface area contributed by atoms with Crippen LogP contribution in [-0.4, -0.2) is 43.9 Å². The van der Waals surface area contributed by atoms with E-state index in [2.05, 4.69) is 10.6 Å². The van der Waals surface area contributed by atoms with E-state index in [1.54, 1.807) is 7.11 Å². The van der Waals surface area contributed by atoms with Crippen LogP contribution in [0.5, 0.6) is 0 Å². The first kappa shape index (κ1) is 14.8. The summed E-state index contributed by atoms with van der Waals surface area (Å²) in [6, 6.07) is -0.188. The zero-order chi connectivity index (χ0) is 13.4. The highest BCUT2D eigenvalue weighted by Gasteiger charge is 2.25. The zero-order valence-electron chi connectivity index (χ0n) is 10.8. The van der Waals surface area contributed by atoms with Crippen molar-refractivity contribution in [2.45, 2.75) is 25.7 Å². The molecule has 1 aliphatic rings. The number of aliphatic carboxylic acids is 1. The van der Waals surface area contributed by atoms with Gasteiger partial charge in [0.2, 0.25) is 0 Å². The fraction of sp³-hybridized carbons (Fsp3) is 0.833. The van der Waals surface area contributed by atoms with Gasteiger partial charge in [-0.05, 0) is 31.6 Å². The Bertz CT molecular complexity index is 275. The molecule has 0 aliphatic heterocycles. The van der Waals surface area contributed by atoms with E-state index in [0.29, 0.717) is 38.5 Å². The summed E-state index contributed by atoms with van der Waals surface area (Å²) in [6.07, 6.45) is 3.17. The number of nitrogens with one attached hydrogen (secondary N) is 2. The molecule has 1 rings (SSSR count). The first-order chi connectivity index (χ1) is 8.63. The number of hydrogen-bond donors (Lipinski definition) is 3. The lowest BCUT2D eigenvalue weighted by molar-refractivity contribution is -0.143. The second-order valence-corrected chi connectivity index (χ2v) is 4.69. The van der Waals surface area contributed by atoms with Crippen molar-refractivity contribution < 1.29 is 19.4 Å². The molecular formula is C12H22N2O4. The molecule has 1 fully saturated rings. The van der Waals surface area contributed by atoms with Gasteiger partial charge in [-0.3, -0.25) is 4.79 Å². The molecule has 1 saturated carbocycles. The lowest BCUT2D eigenvalue weighted by Gasteiger charge is -2.26. The molecule has 0 aromatic carbocycles. The molecule has 0 spiro atoms. The van der Waals surface area contributed by atoms with Gasteiger partial charge in [0, 0.05) is 20.2 Å². The lowest BCUT2D eigenvalue weighted by atomic mass is 9.82. The van der Waals surface area contributed by atoms with Gasteiger partial charge in [0.25, 0.3) is 0 Å². The van der Waals surface area contributed by atoms with Crippen molar-refractivity contribution in [2.24, 2.45) is 11.8 Å². The smallest absolute Gasteiger partial charge is 0.314 e. The normalized spacial score (nSPS) is 23.4. The van der Waals surface area contributed by atoms with E-state index >= 15 is 0 Å². The Morgan fingerprint density at radius 3 is 2.44 bits per heavy atom. The number of methoxy groups -OCH3 is 1. The number of amides is 2. The van der Waals surface area contributed by atoms with Crippen LogP contribution in [0, 0.1) is 11.8 Å². The monoisotopic (exact) mass is 258 g/mol. The minimum atomic E-state index is -0.696. The molecule has 0 saturated heterocycles. The van der Waals surface area contributed by atoms with Crippen molar-refractivity contribution in [1.82, 2.24) is 10.6 Å². The zero-order valence-corrected chi connectivity index (χ0v) is 10.8. The van der Waals surface area contributed by atoms with Crippen molar-refractivity contribution in [3.05, 3.63) is 0 Å². The molecule has 0 aromatic heterocycles. The number of hydrogen-bond acceptors (Lipinski definition) is 3. The maximum atomic E-state index is 11.4. The molecular weight excluding hydrogens is 236 g/mol. The summed E-state index contributed by atoms with van der Waals surface area (Å²) in [5, 5.41) is 14.4. The Labute approximate surface area is 107 Å². The SMILES string of the molecule is COCCNC(=O)NCC1CCC(C(=O)O)CC1. The average Bonchev–Trinajstić information content (AvgIpc) is 2.37. The highest BCUT2D eigenvalue weighted by molar-refractivity contribution is 5.73. The maximum Gasteiger partial charge on any atom is 0.314 e. The van der Waals surface area contributed by atoms with Crippen LogP contribution in [0.3, 0.4) is 0 Å². The average molecular weight is 258 g/mol. The third-order valence-corrected chi connectivity index (χ3v) is 3.34. The van der Waals surface area contributed by atoms with E-state index in [4.69, 9.17) is 9.84 Å². The van der Waals surface area contributed by atoms with E-state index in [9.17, 15) is 9.59 Å². The molecule has 18 heavy (non-hydrogen) atoms. The van der Waals surface area contributed by atoms with Crippen molar-refractivity contribution in [3.8, 4) is 0 Å². The van der Waals surface area contributed by atoms with Crippen LogP contribution in [0.15, 0.2) is 0 Å². The van der Waals surface area contributed by atoms with Crippen molar-refractivity contribution in [2.75, 3.05) is 26.8 Å². The number of carboxylic acids is 1. The van der Waals surface area contributed by atoms with Crippen molar-refractivity contribution in [1.29, 1.82) is 0 Å². The molecule has 3 N–H and O–H groups in total. The Balaban J connectivity index is 2.10. The topological polar surface area (TPSA) is 87.7 Å². The summed E-state index contributed by atoms with van der Waals surface area (Å²) in [5.41, 5.74) is 0. The molecule has 0 unspecified atom stereocenters. The fourth-order valence-electron chi connectivity index (χ4n) is 2.18. The van der Waals surface area contributed by atoms with E-state index in [1.165, 1.54) is 0 Å². The minimum Gasteiger partial charge on any atom is -0.481 e. The Hall–Kier alpha value is -1.30. The summed E-state index contributed by atoms with van der Waals surface area (Å²) in [7, 11) is 1.58. The van der Waals surface area contributed by atoms with Crippen molar-refractivity contribution >= 4 is 12.0 Å². The number of carbonyl (C=O) groups is 2. The van der Waals surface area contributed by atoms with Crippen LogP contribution in [0.4, 0.5) is 4.79 Å². The minimum absolute atomic E-state index is 0.188. The Kier molecular flexibility index (Phi) is 6.49. The van der Waals surface area contributed by atoms with Gasteiger partial charge < -0.3 is 20.5 Å². The predicted octanol–water partition coefficient (Wildman–Crippen LogP) is 0.823. The van der Waals surface area contributed by atoms with Crippen molar-refractivity contribution in [3.63, 3.8) is 0 Å². The van der Waals surface area contributed by atoms with Gasteiger partial charge >= 0.3 is 12.0 Å². The van der Waals surface area contributed by atoms with Gasteiger partial charge in [-0.1, -0.05) is 0 Å². The number of carboxylic acid groups (broad SMARTS) is 1. The van der Waals surface area contributed by atoms with Crippen LogP contribution < -0.4 is 10.6 Å². The lowest BCUT2D eigenvalue weighted by Crippen LogP contribution is -2.40. The Morgan fingerprint density at radius 2 is 1.89 bits per heavy atom. The van der Waals surface area contributed by atoms with Crippen LogP contribution >= 0.6 is 0 Å². The summed E-state index contributed by atoms with van der Waals surface area (Å²) in [5.74, 6) is -0.496. The van der Waals surface area contributed by atoms with E-state index in [0.717, 1.165) is 12.8 Å². The molecule has 2 amide bonds. The largest absolute Gasteiger partial charge is 0.481 e. The predicted molar refractivity (Wildman–Crippen MR) is 66.4 cm³/mol. The first-order valence-electron chi connectivity index (χ1n) is 6.37. The van der Waals surface area contributed by atoms with Crippen LogP contribution in [0.2, 0.25) is 0 Å². The molecule has 6 nitrogen and oxygen atoms in total. The summed E-state index contributed by atoms with van der Waals surface area (Å²) in [4.78, 5) is 22.1. The summed E-state index contributed by atoms with van der Waals surface area (Å²) >= 11 is 0. The van der Waals surface area contributed by atoms with Crippen LogP contribution in [-0.2, 0) is 9.53 Å².